The van der Waals surface area contributed by atoms with E-state index in [2.05, 4.69) is 16.1 Å². The second-order valence-corrected chi connectivity index (χ2v) is 6.13. The van der Waals surface area contributed by atoms with Crippen LogP contribution in [0.1, 0.15) is 0 Å². The molecule has 1 amide bonds. The van der Waals surface area contributed by atoms with Gasteiger partial charge < -0.3 is 9.32 Å². The minimum Gasteiger partial charge on any atom is -0.423 e. The summed E-state index contributed by atoms with van der Waals surface area (Å²) in [6.07, 6.45) is 2.12. The molecule has 0 N–H and O–H groups in total. The van der Waals surface area contributed by atoms with Crippen molar-refractivity contribution in [1.82, 2.24) is 14.8 Å². The van der Waals surface area contributed by atoms with Crippen LogP contribution < -0.4 is 4.90 Å². The molecular weight excluding hydrogens is 318 g/mol. The van der Waals surface area contributed by atoms with Gasteiger partial charge in [-0.2, -0.15) is 10.2 Å². The van der Waals surface area contributed by atoms with Crippen LogP contribution in [0.5, 0.6) is 0 Å². The standard InChI is InChI=1S/C15H14ClN5O2/c16-10-1-2-13-11(7-10)18-15(23-13)21-6-5-20-4-3-19(9-17)8-12(20)14(21)22/h1-2,7,12H,3-6,8H2/t12-/m1/s1. The van der Waals surface area contributed by atoms with E-state index in [1.807, 2.05) is 0 Å². The van der Waals surface area contributed by atoms with Gasteiger partial charge >= 0.3 is 6.01 Å². The topological polar surface area (TPSA) is 76.6 Å². The lowest BCUT2D eigenvalue weighted by molar-refractivity contribution is -0.128. The van der Waals surface area contributed by atoms with E-state index in [1.54, 1.807) is 28.0 Å². The molecule has 8 heteroatoms. The molecule has 1 aromatic heterocycles. The number of benzene rings is 1. The van der Waals surface area contributed by atoms with Crippen LogP contribution >= 0.6 is 11.6 Å². The Labute approximate surface area is 137 Å². The third-order valence-electron chi connectivity index (χ3n) is 4.36. The molecule has 0 unspecified atom stereocenters. The molecule has 0 aliphatic carbocycles. The van der Waals surface area contributed by atoms with Crippen molar-refractivity contribution >= 4 is 34.6 Å². The number of amides is 1. The van der Waals surface area contributed by atoms with Gasteiger partial charge in [-0.05, 0) is 18.2 Å². The number of piperazine rings is 2. The van der Waals surface area contributed by atoms with Crippen molar-refractivity contribution in [2.75, 3.05) is 37.6 Å². The normalized spacial score (nSPS) is 22.3. The Balaban J connectivity index is 1.63. The molecule has 0 spiro atoms. The quantitative estimate of drug-likeness (QED) is 0.733. The Bertz CT molecular complexity index is 814. The fourth-order valence-corrected chi connectivity index (χ4v) is 3.29. The summed E-state index contributed by atoms with van der Waals surface area (Å²) in [4.78, 5) is 22.5. The minimum atomic E-state index is -0.323. The number of rotatable bonds is 1. The molecule has 0 saturated carbocycles. The van der Waals surface area contributed by atoms with E-state index in [4.69, 9.17) is 21.3 Å². The fourth-order valence-electron chi connectivity index (χ4n) is 3.13. The number of carbonyl (C=O) groups is 1. The van der Waals surface area contributed by atoms with Gasteiger partial charge in [0.2, 0.25) is 5.91 Å². The third-order valence-corrected chi connectivity index (χ3v) is 4.60. The average Bonchev–Trinajstić information content (AvgIpc) is 2.97. The summed E-state index contributed by atoms with van der Waals surface area (Å²) < 4.78 is 5.70. The SMILES string of the molecule is N#CN1CCN2CCN(c3nc4cc(Cl)ccc4o3)C(=O)[C@H]2C1. The van der Waals surface area contributed by atoms with Crippen molar-refractivity contribution in [3.8, 4) is 6.19 Å². The van der Waals surface area contributed by atoms with E-state index in [0.717, 1.165) is 13.1 Å². The maximum absolute atomic E-state index is 12.8. The van der Waals surface area contributed by atoms with Gasteiger partial charge in [-0.25, -0.2) is 0 Å². The lowest BCUT2D eigenvalue weighted by Gasteiger charge is -2.43. The molecule has 2 aliphatic heterocycles. The number of oxazole rings is 1. The zero-order valence-corrected chi connectivity index (χ0v) is 13.0. The fraction of sp³-hybridized carbons (Fsp3) is 0.400. The van der Waals surface area contributed by atoms with Crippen molar-refractivity contribution in [3.05, 3.63) is 23.2 Å². The number of nitriles is 1. The van der Waals surface area contributed by atoms with Crippen LogP contribution in [0.25, 0.3) is 11.1 Å². The summed E-state index contributed by atoms with van der Waals surface area (Å²) in [6.45, 7) is 3.08. The molecule has 23 heavy (non-hydrogen) atoms. The Hall–Kier alpha value is -2.30. The highest BCUT2D eigenvalue weighted by atomic mass is 35.5. The molecule has 3 heterocycles. The van der Waals surface area contributed by atoms with Crippen LogP contribution in [0, 0.1) is 11.5 Å². The number of nitrogens with zero attached hydrogens (tertiary/aromatic N) is 5. The van der Waals surface area contributed by atoms with Crippen LogP contribution in [-0.2, 0) is 4.79 Å². The van der Waals surface area contributed by atoms with Crippen LogP contribution in [0.3, 0.4) is 0 Å². The van der Waals surface area contributed by atoms with E-state index >= 15 is 0 Å². The number of fused-ring (bicyclic) bond motifs is 2. The smallest absolute Gasteiger partial charge is 0.305 e. The molecule has 118 valence electrons. The lowest BCUT2D eigenvalue weighted by Crippen LogP contribution is -2.64. The molecule has 2 saturated heterocycles. The average molecular weight is 332 g/mol. The number of hydrogen-bond acceptors (Lipinski definition) is 6. The van der Waals surface area contributed by atoms with E-state index in [-0.39, 0.29) is 11.9 Å². The van der Waals surface area contributed by atoms with Gasteiger partial charge in [0.1, 0.15) is 11.6 Å². The van der Waals surface area contributed by atoms with Crippen LogP contribution in [0.2, 0.25) is 5.02 Å². The third kappa shape index (κ3) is 2.40. The van der Waals surface area contributed by atoms with E-state index in [0.29, 0.717) is 41.8 Å². The molecular formula is C15H14ClN5O2. The van der Waals surface area contributed by atoms with Crippen LogP contribution in [0.4, 0.5) is 6.01 Å². The first-order chi connectivity index (χ1) is 11.2. The predicted octanol–water partition coefficient (Wildman–Crippen LogP) is 1.30. The van der Waals surface area contributed by atoms with E-state index in [1.165, 1.54) is 0 Å². The second kappa shape index (κ2) is 5.41. The first kappa shape index (κ1) is 14.3. The van der Waals surface area contributed by atoms with E-state index < -0.39 is 0 Å². The summed E-state index contributed by atoms with van der Waals surface area (Å²) in [5.41, 5.74) is 1.23. The van der Waals surface area contributed by atoms with Crippen LogP contribution in [0.15, 0.2) is 22.6 Å². The monoisotopic (exact) mass is 331 g/mol. The number of aromatic nitrogens is 1. The Morgan fingerprint density at radius 1 is 1.30 bits per heavy atom. The Kier molecular flexibility index (Phi) is 3.36. The molecule has 0 radical (unpaired) electrons. The van der Waals surface area contributed by atoms with Crippen molar-refractivity contribution < 1.29 is 9.21 Å². The molecule has 7 nitrogen and oxygen atoms in total. The molecule has 1 aromatic carbocycles. The summed E-state index contributed by atoms with van der Waals surface area (Å²) >= 11 is 5.96. The Morgan fingerprint density at radius 3 is 2.96 bits per heavy atom. The number of hydrogen-bond donors (Lipinski definition) is 0. The number of anilines is 1. The van der Waals surface area contributed by atoms with Gasteiger partial charge in [0.25, 0.3) is 0 Å². The highest BCUT2D eigenvalue weighted by Crippen LogP contribution is 2.27. The molecule has 0 bridgehead atoms. The van der Waals surface area contributed by atoms with Gasteiger partial charge in [-0.15, -0.1) is 0 Å². The van der Waals surface area contributed by atoms with Crippen LogP contribution in [-0.4, -0.2) is 59.5 Å². The maximum atomic E-state index is 12.8. The number of halogens is 1. The summed E-state index contributed by atoms with van der Waals surface area (Å²) in [5, 5.41) is 9.64. The van der Waals surface area contributed by atoms with Crippen molar-refractivity contribution in [1.29, 1.82) is 5.26 Å². The highest BCUT2D eigenvalue weighted by Gasteiger charge is 2.40. The molecule has 1 atom stereocenters. The molecule has 2 aliphatic rings. The van der Waals surface area contributed by atoms with Gasteiger partial charge in [-0.1, -0.05) is 11.6 Å². The van der Waals surface area contributed by atoms with Gasteiger partial charge in [-0.3, -0.25) is 14.6 Å². The zero-order valence-electron chi connectivity index (χ0n) is 12.3. The number of carbonyl (C=O) groups excluding carboxylic acids is 1. The molecule has 4 rings (SSSR count). The molecule has 2 fully saturated rings. The van der Waals surface area contributed by atoms with E-state index in [9.17, 15) is 4.79 Å². The van der Waals surface area contributed by atoms with Gasteiger partial charge in [0.15, 0.2) is 11.8 Å². The second-order valence-electron chi connectivity index (χ2n) is 5.70. The largest absolute Gasteiger partial charge is 0.423 e. The van der Waals surface area contributed by atoms with Crippen molar-refractivity contribution in [2.45, 2.75) is 6.04 Å². The summed E-state index contributed by atoms with van der Waals surface area (Å²) in [7, 11) is 0. The Morgan fingerprint density at radius 2 is 2.13 bits per heavy atom. The predicted molar refractivity (Wildman–Crippen MR) is 83.9 cm³/mol. The molecule has 2 aromatic rings. The van der Waals surface area contributed by atoms with Gasteiger partial charge in [0, 0.05) is 31.2 Å². The highest BCUT2D eigenvalue weighted by molar-refractivity contribution is 6.31. The first-order valence-corrected chi connectivity index (χ1v) is 7.80. The maximum Gasteiger partial charge on any atom is 0.305 e. The summed E-state index contributed by atoms with van der Waals surface area (Å²) in [6, 6.07) is 5.15. The minimum absolute atomic E-state index is 0.0751. The first-order valence-electron chi connectivity index (χ1n) is 7.42. The van der Waals surface area contributed by atoms with Gasteiger partial charge in [0.05, 0.1) is 6.54 Å². The van der Waals surface area contributed by atoms with Crippen molar-refractivity contribution in [3.63, 3.8) is 0 Å². The summed E-state index contributed by atoms with van der Waals surface area (Å²) in [5.74, 6) is -0.0751. The zero-order chi connectivity index (χ0) is 16.0. The van der Waals surface area contributed by atoms with Crippen molar-refractivity contribution in [2.24, 2.45) is 0 Å². The lowest BCUT2D eigenvalue weighted by atomic mass is 10.1.